The van der Waals surface area contributed by atoms with Gasteiger partial charge in [-0.05, 0) is 25.8 Å². The summed E-state index contributed by atoms with van der Waals surface area (Å²) in [5.41, 5.74) is 7.64. The van der Waals surface area contributed by atoms with E-state index in [9.17, 15) is 0 Å². The van der Waals surface area contributed by atoms with Crippen LogP contribution in [0.5, 0.6) is 0 Å². The third kappa shape index (κ3) is 3.16. The third-order valence-corrected chi connectivity index (χ3v) is 2.81. The van der Waals surface area contributed by atoms with Crippen molar-refractivity contribution in [2.75, 3.05) is 6.54 Å². The van der Waals surface area contributed by atoms with E-state index in [4.69, 9.17) is 5.73 Å². The molecule has 2 rings (SSSR count). The van der Waals surface area contributed by atoms with Crippen LogP contribution in [-0.4, -0.2) is 31.1 Å². The normalized spacial score (nSPS) is 11.0. The van der Waals surface area contributed by atoms with Gasteiger partial charge < -0.3 is 10.3 Å². The number of aryl methyl sites for hydroxylation is 2. The summed E-state index contributed by atoms with van der Waals surface area (Å²) in [7, 11) is 0. The molecule has 2 N–H and O–H groups in total. The Balaban J connectivity index is 1.99. The van der Waals surface area contributed by atoms with Crippen LogP contribution < -0.4 is 5.73 Å². The molecule has 18 heavy (non-hydrogen) atoms. The maximum Gasteiger partial charge on any atom is 0.0948 e. The zero-order valence-corrected chi connectivity index (χ0v) is 10.8. The van der Waals surface area contributed by atoms with Gasteiger partial charge >= 0.3 is 0 Å². The lowest BCUT2D eigenvalue weighted by atomic mass is 10.2. The fourth-order valence-corrected chi connectivity index (χ4v) is 1.90. The summed E-state index contributed by atoms with van der Waals surface area (Å²) in [4.78, 5) is 4.18. The molecule has 0 aromatic carbocycles. The maximum atomic E-state index is 5.48. The summed E-state index contributed by atoms with van der Waals surface area (Å²) >= 11 is 0. The number of nitrogens with two attached hydrogens (primary N) is 1. The van der Waals surface area contributed by atoms with Crippen LogP contribution in [0.1, 0.15) is 31.2 Å². The molecule has 0 spiro atoms. The summed E-state index contributed by atoms with van der Waals surface area (Å²) in [5.74, 6) is 0. The van der Waals surface area contributed by atoms with E-state index < -0.39 is 0 Å². The van der Waals surface area contributed by atoms with Gasteiger partial charge in [0, 0.05) is 12.7 Å². The molecule has 2 aromatic rings. The SMILES string of the molecule is CCCn1cncc1Cn1cc(CCCN)nn1. The second kappa shape index (κ2) is 6.30. The van der Waals surface area contributed by atoms with Gasteiger partial charge in [0.25, 0.3) is 0 Å². The molecule has 0 fully saturated rings. The zero-order chi connectivity index (χ0) is 12.8. The van der Waals surface area contributed by atoms with Crippen molar-refractivity contribution >= 4 is 0 Å². The van der Waals surface area contributed by atoms with Crippen molar-refractivity contribution < 1.29 is 0 Å². The highest BCUT2D eigenvalue weighted by atomic mass is 15.4. The van der Waals surface area contributed by atoms with Crippen LogP contribution in [0.15, 0.2) is 18.7 Å². The van der Waals surface area contributed by atoms with Crippen molar-refractivity contribution in [1.29, 1.82) is 0 Å². The van der Waals surface area contributed by atoms with Gasteiger partial charge in [-0.3, -0.25) is 0 Å². The molecule has 0 amide bonds. The first-order chi connectivity index (χ1) is 8.83. The molecule has 0 aliphatic heterocycles. The number of aromatic nitrogens is 5. The molecule has 2 heterocycles. The Bertz CT molecular complexity index is 472. The maximum absolute atomic E-state index is 5.48. The first-order valence-corrected chi connectivity index (χ1v) is 6.41. The number of hydrogen-bond donors (Lipinski definition) is 1. The van der Waals surface area contributed by atoms with E-state index in [0.29, 0.717) is 6.54 Å². The molecule has 0 aliphatic rings. The van der Waals surface area contributed by atoms with E-state index in [0.717, 1.165) is 43.7 Å². The molecule has 0 atom stereocenters. The fourth-order valence-electron chi connectivity index (χ4n) is 1.90. The van der Waals surface area contributed by atoms with Gasteiger partial charge in [0.2, 0.25) is 0 Å². The van der Waals surface area contributed by atoms with Gasteiger partial charge in [0.1, 0.15) is 0 Å². The van der Waals surface area contributed by atoms with Crippen molar-refractivity contribution in [3.05, 3.63) is 30.1 Å². The number of imidazole rings is 1. The van der Waals surface area contributed by atoms with E-state index in [-0.39, 0.29) is 0 Å². The third-order valence-electron chi connectivity index (χ3n) is 2.81. The molecule has 6 nitrogen and oxygen atoms in total. The predicted molar refractivity (Wildman–Crippen MR) is 69.0 cm³/mol. The molecule has 98 valence electrons. The van der Waals surface area contributed by atoms with Crippen LogP contribution >= 0.6 is 0 Å². The lowest BCUT2D eigenvalue weighted by Crippen LogP contribution is -2.07. The van der Waals surface area contributed by atoms with Crippen LogP contribution in [0.4, 0.5) is 0 Å². The lowest BCUT2D eigenvalue weighted by molar-refractivity contribution is 0.583. The molecular formula is C12H20N6. The van der Waals surface area contributed by atoms with E-state index >= 15 is 0 Å². The Kier molecular flexibility index (Phi) is 4.46. The Morgan fingerprint density at radius 3 is 3.06 bits per heavy atom. The molecule has 0 unspecified atom stereocenters. The molecule has 0 saturated heterocycles. The minimum absolute atomic E-state index is 0.691. The van der Waals surface area contributed by atoms with Crippen molar-refractivity contribution in [3.8, 4) is 0 Å². The van der Waals surface area contributed by atoms with Crippen LogP contribution in [-0.2, 0) is 19.5 Å². The van der Waals surface area contributed by atoms with Crippen LogP contribution in [0.3, 0.4) is 0 Å². The first kappa shape index (κ1) is 12.8. The summed E-state index contributed by atoms with van der Waals surface area (Å²) in [5, 5.41) is 8.27. The Morgan fingerprint density at radius 1 is 1.39 bits per heavy atom. The van der Waals surface area contributed by atoms with Crippen LogP contribution in [0.25, 0.3) is 0 Å². The quantitative estimate of drug-likeness (QED) is 0.787. The first-order valence-electron chi connectivity index (χ1n) is 6.41. The molecule has 6 heteroatoms. The average Bonchev–Trinajstić information content (AvgIpc) is 2.98. The van der Waals surface area contributed by atoms with E-state index in [2.05, 4.69) is 26.8 Å². The predicted octanol–water partition coefficient (Wildman–Crippen LogP) is 0.824. The van der Waals surface area contributed by atoms with Crippen molar-refractivity contribution in [1.82, 2.24) is 24.5 Å². The molecule has 0 saturated carbocycles. The molecule has 0 bridgehead atoms. The minimum Gasteiger partial charge on any atom is -0.333 e. The van der Waals surface area contributed by atoms with Crippen LogP contribution in [0, 0.1) is 0 Å². The minimum atomic E-state index is 0.691. The summed E-state index contributed by atoms with van der Waals surface area (Å²) in [6.45, 7) is 4.56. The van der Waals surface area contributed by atoms with Gasteiger partial charge in [-0.1, -0.05) is 12.1 Å². The molecule has 2 aromatic heterocycles. The standard InChI is InChI=1S/C12H20N6/c1-2-6-17-10-14-7-12(17)9-18-8-11(15-16-18)4-3-5-13/h7-8,10H,2-6,9,13H2,1H3. The van der Waals surface area contributed by atoms with Gasteiger partial charge in [-0.25, -0.2) is 9.67 Å². The largest absolute Gasteiger partial charge is 0.333 e. The van der Waals surface area contributed by atoms with E-state index in [1.165, 1.54) is 0 Å². The molecule has 0 aliphatic carbocycles. The Labute approximate surface area is 107 Å². The Morgan fingerprint density at radius 2 is 2.28 bits per heavy atom. The van der Waals surface area contributed by atoms with Crippen LogP contribution in [0.2, 0.25) is 0 Å². The summed E-state index contributed by atoms with van der Waals surface area (Å²) < 4.78 is 4.01. The molecular weight excluding hydrogens is 228 g/mol. The fraction of sp³-hybridized carbons (Fsp3) is 0.583. The smallest absolute Gasteiger partial charge is 0.0948 e. The highest BCUT2D eigenvalue weighted by Gasteiger charge is 2.05. The van der Waals surface area contributed by atoms with Gasteiger partial charge in [0.15, 0.2) is 0 Å². The second-order valence-corrected chi connectivity index (χ2v) is 4.38. The zero-order valence-electron chi connectivity index (χ0n) is 10.8. The van der Waals surface area contributed by atoms with E-state index in [1.807, 2.05) is 23.4 Å². The van der Waals surface area contributed by atoms with Crippen molar-refractivity contribution in [2.45, 2.75) is 39.3 Å². The van der Waals surface area contributed by atoms with Crippen molar-refractivity contribution in [3.63, 3.8) is 0 Å². The number of hydrogen-bond acceptors (Lipinski definition) is 4. The Hall–Kier alpha value is -1.69. The monoisotopic (exact) mass is 248 g/mol. The van der Waals surface area contributed by atoms with Gasteiger partial charge in [0.05, 0.1) is 30.5 Å². The summed E-state index contributed by atoms with van der Waals surface area (Å²) in [6.07, 6.45) is 8.68. The van der Waals surface area contributed by atoms with Gasteiger partial charge in [-0.15, -0.1) is 5.10 Å². The highest BCUT2D eigenvalue weighted by Crippen LogP contribution is 2.04. The summed E-state index contributed by atoms with van der Waals surface area (Å²) in [6, 6.07) is 0. The molecule has 0 radical (unpaired) electrons. The van der Waals surface area contributed by atoms with E-state index in [1.54, 1.807) is 0 Å². The average molecular weight is 248 g/mol. The lowest BCUT2D eigenvalue weighted by Gasteiger charge is -2.05. The van der Waals surface area contributed by atoms with Gasteiger partial charge in [-0.2, -0.15) is 0 Å². The number of rotatable bonds is 7. The highest BCUT2D eigenvalue weighted by molar-refractivity contribution is 5.01. The number of nitrogens with zero attached hydrogens (tertiary/aromatic N) is 5. The topological polar surface area (TPSA) is 74.5 Å². The second-order valence-electron chi connectivity index (χ2n) is 4.38. The van der Waals surface area contributed by atoms with Crippen molar-refractivity contribution in [2.24, 2.45) is 5.73 Å².